The number of aryl methyl sites for hydroxylation is 1. The summed E-state index contributed by atoms with van der Waals surface area (Å²) in [6.07, 6.45) is 0. The molecule has 0 unspecified atom stereocenters. The Morgan fingerprint density at radius 1 is 0.486 bits per heavy atom. The van der Waals surface area contributed by atoms with Gasteiger partial charge >= 0.3 is 6.85 Å². The van der Waals surface area contributed by atoms with Gasteiger partial charge in [-0.1, -0.05) is 170 Å². The molecule has 5 heteroatoms. The lowest BCUT2D eigenvalue weighted by Crippen LogP contribution is -2.57. The smallest absolute Gasteiger partial charge is 0.333 e. The molecule has 0 saturated carbocycles. The van der Waals surface area contributed by atoms with Crippen LogP contribution in [0.25, 0.3) is 55.2 Å². The summed E-state index contributed by atoms with van der Waals surface area (Å²) in [6, 6.07) is 72.6. The number of nitrogens with zero attached hydrogens (tertiary/aromatic N) is 3. The molecule has 72 heavy (non-hydrogen) atoms. The molecule has 4 heterocycles. The fourth-order valence-corrected chi connectivity index (χ4v) is 13.1. The predicted octanol–water partition coefficient (Wildman–Crippen LogP) is 16.7. The van der Waals surface area contributed by atoms with E-state index in [0.717, 1.165) is 44.5 Å². The molecule has 0 saturated heterocycles. The van der Waals surface area contributed by atoms with Gasteiger partial charge in [0.1, 0.15) is 5.58 Å². The third-order valence-electron chi connectivity index (χ3n) is 16.6. The van der Waals surface area contributed by atoms with E-state index in [1.807, 2.05) is 0 Å². The summed E-state index contributed by atoms with van der Waals surface area (Å²) in [5.41, 5.74) is 26.0. The Kier molecular flexibility index (Phi) is 8.93. The zero-order valence-corrected chi connectivity index (χ0v) is 42.3. The molecular formula is C67H56BN3O. The van der Waals surface area contributed by atoms with Gasteiger partial charge in [0.05, 0.1) is 11.2 Å². The van der Waals surface area contributed by atoms with Crippen LogP contribution in [0.1, 0.15) is 81.8 Å². The number of anilines is 6. The van der Waals surface area contributed by atoms with Crippen molar-refractivity contribution < 1.29 is 4.42 Å². The summed E-state index contributed by atoms with van der Waals surface area (Å²) in [5, 5.41) is 2.23. The van der Waals surface area contributed by atoms with Crippen LogP contribution in [-0.4, -0.2) is 11.3 Å². The maximum absolute atomic E-state index is 7.16. The van der Waals surface area contributed by atoms with Gasteiger partial charge in [0.2, 0.25) is 0 Å². The maximum atomic E-state index is 7.16. The largest absolute Gasteiger partial charge is 0.454 e. The molecule has 0 radical (unpaired) electrons. The number of hydrogen-bond donors (Lipinski definition) is 0. The highest BCUT2D eigenvalue weighted by molar-refractivity contribution is 6.90. The van der Waals surface area contributed by atoms with E-state index < -0.39 is 0 Å². The number of fused-ring (bicyclic) bond motifs is 11. The zero-order chi connectivity index (χ0) is 49.0. The predicted molar refractivity (Wildman–Crippen MR) is 304 cm³/mol. The standard InChI is InChI=1S/C67H56BN3O/c1-41-34-49-50-37-46(69(44-24-14-10-15-25-44)45-26-16-11-17-27-45)38-51-62(50)71(63-47-28-18-21-31-60(47)72-64(51)63)68-56-39-54-55(67(7,8)53-30-20-19-29-52(53)66(54,5)6)40-58(56)70(59(35-41)61(49)68)57-33-32-43(65(2,3)4)36-48(57)42-22-12-9-13-23-42/h9-40H,1-8H3. The molecule has 4 nitrogen and oxygen atoms in total. The summed E-state index contributed by atoms with van der Waals surface area (Å²) < 4.78 is 9.85. The van der Waals surface area contributed by atoms with Gasteiger partial charge in [-0.05, 0) is 141 Å². The number of para-hydroxylation sites is 3. The van der Waals surface area contributed by atoms with E-state index in [1.54, 1.807) is 0 Å². The Morgan fingerprint density at radius 2 is 1.10 bits per heavy atom. The van der Waals surface area contributed by atoms with Gasteiger partial charge in [-0.15, -0.1) is 0 Å². The van der Waals surface area contributed by atoms with Crippen molar-refractivity contribution in [3.8, 4) is 22.3 Å². The van der Waals surface area contributed by atoms with Crippen LogP contribution in [0.15, 0.2) is 199 Å². The van der Waals surface area contributed by atoms with Crippen molar-refractivity contribution in [2.24, 2.45) is 0 Å². The SMILES string of the molecule is Cc1cc2c3c(c1)N(c1ccc(C(C)(C)C)cc1-c1ccccc1)c1cc4c(cc1B3n1c3c-2cc(N(c2ccccc2)c2ccccc2)cc3c2oc3ccccc3c21)C(C)(C)c1ccccc1C4(C)C. The highest BCUT2D eigenvalue weighted by Gasteiger charge is 2.48. The summed E-state index contributed by atoms with van der Waals surface area (Å²) in [4.78, 5) is 5.05. The summed E-state index contributed by atoms with van der Waals surface area (Å²) >= 11 is 0. The first kappa shape index (κ1) is 42.8. The van der Waals surface area contributed by atoms with Gasteiger partial charge in [-0.25, -0.2) is 0 Å². The van der Waals surface area contributed by atoms with Gasteiger partial charge in [0.25, 0.3) is 0 Å². The van der Waals surface area contributed by atoms with Crippen LogP contribution in [0.3, 0.4) is 0 Å². The van der Waals surface area contributed by atoms with E-state index >= 15 is 0 Å². The molecule has 0 spiro atoms. The molecule has 2 aliphatic heterocycles. The van der Waals surface area contributed by atoms with Crippen molar-refractivity contribution in [1.82, 2.24) is 4.48 Å². The van der Waals surface area contributed by atoms with Crippen molar-refractivity contribution >= 4 is 84.9 Å². The Morgan fingerprint density at radius 3 is 1.76 bits per heavy atom. The quantitative estimate of drug-likeness (QED) is 0.161. The Hall–Kier alpha value is -8.02. The van der Waals surface area contributed by atoms with Crippen LogP contribution in [0.2, 0.25) is 0 Å². The minimum atomic E-state index is -0.259. The van der Waals surface area contributed by atoms with Crippen LogP contribution in [0.5, 0.6) is 0 Å². The number of aromatic nitrogens is 1. The minimum absolute atomic E-state index is 0.0507. The van der Waals surface area contributed by atoms with Crippen LogP contribution in [-0.2, 0) is 16.2 Å². The summed E-state index contributed by atoms with van der Waals surface area (Å²) in [6.45, 7) is 18.8. The lowest BCUT2D eigenvalue weighted by molar-refractivity contribution is 0.521. The molecule has 0 bridgehead atoms. The molecule has 2 aromatic heterocycles. The molecule has 0 fully saturated rings. The van der Waals surface area contributed by atoms with Gasteiger partial charge in [-0.3, -0.25) is 0 Å². The van der Waals surface area contributed by atoms with E-state index in [9.17, 15) is 0 Å². The second-order valence-corrected chi connectivity index (χ2v) is 22.6. The Bertz CT molecular complexity index is 4000. The van der Waals surface area contributed by atoms with Gasteiger partial charge in [-0.2, -0.15) is 0 Å². The summed E-state index contributed by atoms with van der Waals surface area (Å²) in [5.74, 6) is 0. The average Bonchev–Trinajstić information content (AvgIpc) is 3.94. The van der Waals surface area contributed by atoms with E-state index in [4.69, 9.17) is 4.42 Å². The normalized spacial score (nSPS) is 14.8. The van der Waals surface area contributed by atoms with Crippen LogP contribution in [0, 0.1) is 6.92 Å². The number of benzene rings is 9. The third kappa shape index (κ3) is 5.94. The van der Waals surface area contributed by atoms with Crippen molar-refractivity contribution in [3.63, 3.8) is 0 Å². The number of hydrogen-bond acceptors (Lipinski definition) is 3. The first-order valence-corrected chi connectivity index (χ1v) is 25.6. The Labute approximate surface area is 422 Å². The molecule has 9 aromatic carbocycles. The first-order valence-electron chi connectivity index (χ1n) is 25.6. The van der Waals surface area contributed by atoms with Crippen LogP contribution < -0.4 is 20.7 Å². The number of furan rings is 1. The highest BCUT2D eigenvalue weighted by atomic mass is 16.3. The van der Waals surface area contributed by atoms with Crippen molar-refractivity contribution in [2.45, 2.75) is 71.6 Å². The topological polar surface area (TPSA) is 24.6 Å². The van der Waals surface area contributed by atoms with E-state index in [0.29, 0.717) is 0 Å². The van der Waals surface area contributed by atoms with E-state index in [2.05, 4.69) is 264 Å². The molecule has 3 aliphatic rings. The fraction of sp³-hybridized carbons (Fsp3) is 0.164. The average molecular weight is 930 g/mol. The Balaban J connectivity index is 1.15. The van der Waals surface area contributed by atoms with Crippen LogP contribution >= 0.6 is 0 Å². The van der Waals surface area contributed by atoms with Crippen molar-refractivity contribution in [1.29, 1.82) is 0 Å². The molecule has 0 amide bonds. The molecule has 348 valence electrons. The van der Waals surface area contributed by atoms with Gasteiger partial charge in [0.15, 0.2) is 5.58 Å². The van der Waals surface area contributed by atoms with E-state index in [-0.39, 0.29) is 23.1 Å². The van der Waals surface area contributed by atoms with Crippen LogP contribution in [0.4, 0.5) is 34.1 Å². The second kappa shape index (κ2) is 15.0. The molecule has 11 aromatic rings. The number of rotatable bonds is 5. The lowest BCUT2D eigenvalue weighted by Gasteiger charge is -2.47. The lowest BCUT2D eigenvalue weighted by atomic mass is 9.44. The van der Waals surface area contributed by atoms with E-state index in [1.165, 1.54) is 89.1 Å². The van der Waals surface area contributed by atoms with Crippen molar-refractivity contribution in [2.75, 3.05) is 9.80 Å². The monoisotopic (exact) mass is 929 g/mol. The first-order chi connectivity index (χ1) is 34.8. The maximum Gasteiger partial charge on any atom is 0.333 e. The summed E-state index contributed by atoms with van der Waals surface area (Å²) in [7, 11) is 0. The molecular weight excluding hydrogens is 874 g/mol. The molecule has 0 atom stereocenters. The van der Waals surface area contributed by atoms with Gasteiger partial charge < -0.3 is 18.7 Å². The molecule has 14 rings (SSSR count). The van der Waals surface area contributed by atoms with Gasteiger partial charge in [0, 0.05) is 66.7 Å². The minimum Gasteiger partial charge on any atom is -0.454 e. The second-order valence-electron chi connectivity index (χ2n) is 22.6. The molecule has 1 aliphatic carbocycles. The third-order valence-corrected chi connectivity index (χ3v) is 16.6. The fourth-order valence-electron chi connectivity index (χ4n) is 13.1. The van der Waals surface area contributed by atoms with Crippen molar-refractivity contribution in [3.05, 3.63) is 228 Å². The molecule has 0 N–H and O–H groups in total. The highest BCUT2D eigenvalue weighted by Crippen LogP contribution is 2.55. The zero-order valence-electron chi connectivity index (χ0n) is 42.3.